The van der Waals surface area contributed by atoms with Crippen LogP contribution in [0.4, 0.5) is 0 Å². The molecule has 0 bridgehead atoms. The van der Waals surface area contributed by atoms with E-state index >= 15 is 0 Å². The van der Waals surface area contributed by atoms with Gasteiger partial charge in [-0.25, -0.2) is 4.79 Å². The number of carbonyl (C=O) groups is 12. The second kappa shape index (κ2) is 34.4. The van der Waals surface area contributed by atoms with Crippen LogP contribution in [-0.2, 0) is 57.5 Å². The first-order valence-corrected chi connectivity index (χ1v) is 25.1. The second-order valence-electron chi connectivity index (χ2n) is 18.8. The summed E-state index contributed by atoms with van der Waals surface area (Å²) in [7, 11) is 0. The maximum Gasteiger partial charge on any atom is 0.326 e. The predicted molar refractivity (Wildman–Crippen MR) is 269 cm³/mol. The lowest BCUT2D eigenvalue weighted by atomic mass is 9.96. The Morgan fingerprint density at radius 3 is 1.53 bits per heavy atom. The minimum Gasteiger partial charge on any atom is -0.481 e. The number of nitrogens with zero attached hydrogens (tertiary/aromatic N) is 2. The standard InChI is InChI=1S/C46H79N13O17/c1-5-24(4)36(58-37(67)25(48)13-16-32(61)62)44(74)59-21-9-12-31(59)42(72)57-35(23(2)3)43(73)56-30(22-60)41(71)52-26(11-8-20-51-46(49)50)38(68)53-27(14-17-33(63)64)39(69)54-28(15-18-34(65)66)40(70)55-29(45(75)76)10-6-7-19-47/h23-31,35-36,60H,5-22,47-48H2,1-4H3,(H,52,71)(H,53,68)(H,54,69)(H,55,70)(H,56,73)(H,57,72)(H,58,67)(H,61,62)(H,63,64)(H,65,66)(H,75,76)(H4,49,50,51)/t24-,25-,26-,27-,28-,29-,30-,31-,35-,36-/m0/s1. The topological polar surface area (TPSA) is 510 Å². The number of amides is 8. The zero-order valence-electron chi connectivity index (χ0n) is 43.4. The Kier molecular flexibility index (Phi) is 30.2. The summed E-state index contributed by atoms with van der Waals surface area (Å²) in [5.74, 6) is -14.5. The van der Waals surface area contributed by atoms with E-state index in [0.29, 0.717) is 25.7 Å². The smallest absolute Gasteiger partial charge is 0.326 e. The van der Waals surface area contributed by atoms with Crippen LogP contribution in [0.2, 0.25) is 0 Å². The van der Waals surface area contributed by atoms with Gasteiger partial charge in [0.1, 0.15) is 48.3 Å². The molecule has 0 aromatic heterocycles. The number of aliphatic imine (C=N–C) groups is 1. The first-order valence-electron chi connectivity index (χ1n) is 25.1. The summed E-state index contributed by atoms with van der Waals surface area (Å²) in [4.78, 5) is 161. The van der Waals surface area contributed by atoms with Crippen LogP contribution >= 0.6 is 0 Å². The zero-order valence-corrected chi connectivity index (χ0v) is 43.4. The molecule has 0 saturated carbocycles. The van der Waals surface area contributed by atoms with E-state index in [-0.39, 0.29) is 64.1 Å². The molecule has 0 aliphatic carbocycles. The van der Waals surface area contributed by atoms with Crippen LogP contribution in [0.5, 0.6) is 0 Å². The number of aliphatic carboxylic acids is 4. The highest BCUT2D eigenvalue weighted by molar-refractivity contribution is 5.98. The molecular weight excluding hydrogens is 1010 g/mol. The van der Waals surface area contributed by atoms with Crippen LogP contribution in [0.25, 0.3) is 0 Å². The van der Waals surface area contributed by atoms with Gasteiger partial charge in [0, 0.05) is 32.4 Å². The van der Waals surface area contributed by atoms with Gasteiger partial charge < -0.3 is 90.6 Å². The minimum atomic E-state index is -1.80. The van der Waals surface area contributed by atoms with E-state index in [1.54, 1.807) is 27.7 Å². The first kappa shape index (κ1) is 66.8. The lowest BCUT2D eigenvalue weighted by molar-refractivity contribution is -0.143. The van der Waals surface area contributed by atoms with E-state index in [9.17, 15) is 78.0 Å². The number of unbranched alkanes of at least 4 members (excludes halogenated alkanes) is 1. The molecule has 0 aromatic rings. The number of carboxylic acid groups (broad SMARTS) is 4. The van der Waals surface area contributed by atoms with Crippen molar-refractivity contribution in [3.8, 4) is 0 Å². The molecule has 1 aliphatic heterocycles. The van der Waals surface area contributed by atoms with Crippen molar-refractivity contribution in [1.82, 2.24) is 42.1 Å². The van der Waals surface area contributed by atoms with E-state index in [2.05, 4.69) is 42.2 Å². The summed E-state index contributed by atoms with van der Waals surface area (Å²) in [6, 6.07) is -13.2. The van der Waals surface area contributed by atoms with E-state index in [1.807, 2.05) is 0 Å². The maximum absolute atomic E-state index is 14.0. The van der Waals surface area contributed by atoms with E-state index in [1.165, 1.54) is 4.90 Å². The summed E-state index contributed by atoms with van der Waals surface area (Å²) in [5.41, 5.74) is 22.2. The Labute approximate surface area is 439 Å². The first-order chi connectivity index (χ1) is 35.7. The van der Waals surface area contributed by atoms with Crippen molar-refractivity contribution >= 4 is 77.1 Å². The highest BCUT2D eigenvalue weighted by Crippen LogP contribution is 2.22. The lowest BCUT2D eigenvalue weighted by Gasteiger charge is -2.33. The molecule has 1 heterocycles. The van der Waals surface area contributed by atoms with Crippen molar-refractivity contribution in [2.45, 2.75) is 172 Å². The van der Waals surface area contributed by atoms with Crippen LogP contribution in [-0.4, -0.2) is 188 Å². The number of likely N-dealkylation sites (tertiary alicyclic amines) is 1. The summed E-state index contributed by atoms with van der Waals surface area (Å²) in [6.45, 7) is 5.78. The second-order valence-corrected chi connectivity index (χ2v) is 18.8. The molecule has 0 spiro atoms. The summed E-state index contributed by atoms with van der Waals surface area (Å²) >= 11 is 0. The minimum absolute atomic E-state index is 0.0151. The molecule has 0 unspecified atom stereocenters. The molecule has 30 nitrogen and oxygen atoms in total. The molecule has 430 valence electrons. The highest BCUT2D eigenvalue weighted by Gasteiger charge is 2.41. The average Bonchev–Trinajstić information content (AvgIpc) is 3.85. The van der Waals surface area contributed by atoms with Gasteiger partial charge in [0.05, 0.1) is 12.6 Å². The largest absolute Gasteiger partial charge is 0.481 e. The van der Waals surface area contributed by atoms with Crippen LogP contribution in [0.1, 0.15) is 118 Å². The number of carbonyl (C=O) groups excluding carboxylic acids is 8. The molecule has 0 aromatic carbocycles. The van der Waals surface area contributed by atoms with Crippen molar-refractivity contribution in [1.29, 1.82) is 0 Å². The predicted octanol–water partition coefficient (Wildman–Crippen LogP) is -4.75. The number of hydrogen-bond acceptors (Lipinski definition) is 16. The highest BCUT2D eigenvalue weighted by atomic mass is 16.4. The van der Waals surface area contributed by atoms with Gasteiger partial charge in [-0.05, 0) is 82.6 Å². The average molecular weight is 1090 g/mol. The van der Waals surface area contributed by atoms with Gasteiger partial charge in [-0.2, -0.15) is 0 Å². The van der Waals surface area contributed by atoms with Crippen molar-refractivity contribution < 1.29 is 83.1 Å². The van der Waals surface area contributed by atoms with Crippen molar-refractivity contribution in [2.24, 2.45) is 39.8 Å². The van der Waals surface area contributed by atoms with E-state index in [4.69, 9.17) is 28.0 Å². The van der Waals surface area contributed by atoms with Gasteiger partial charge in [0.25, 0.3) is 0 Å². The van der Waals surface area contributed by atoms with Crippen LogP contribution in [0.15, 0.2) is 4.99 Å². The van der Waals surface area contributed by atoms with Gasteiger partial charge in [-0.3, -0.25) is 57.7 Å². The molecule has 20 N–H and O–H groups in total. The quantitative estimate of drug-likeness (QED) is 0.0158. The zero-order chi connectivity index (χ0) is 57.8. The van der Waals surface area contributed by atoms with Crippen LogP contribution in [0.3, 0.4) is 0 Å². The van der Waals surface area contributed by atoms with Gasteiger partial charge in [-0.15, -0.1) is 0 Å². The maximum atomic E-state index is 14.0. The third-order valence-electron chi connectivity index (χ3n) is 12.4. The Hall–Kier alpha value is -7.21. The Bertz CT molecular complexity index is 2060. The molecule has 1 saturated heterocycles. The number of nitrogens with two attached hydrogens (primary N) is 4. The molecule has 1 fully saturated rings. The third-order valence-corrected chi connectivity index (χ3v) is 12.4. The fourth-order valence-corrected chi connectivity index (χ4v) is 7.76. The molecule has 10 atom stereocenters. The number of aliphatic hydroxyl groups excluding tert-OH is 1. The lowest BCUT2D eigenvalue weighted by Crippen LogP contribution is -2.61. The van der Waals surface area contributed by atoms with Gasteiger partial charge in [0.2, 0.25) is 47.3 Å². The van der Waals surface area contributed by atoms with Crippen molar-refractivity contribution in [3.05, 3.63) is 0 Å². The summed E-state index contributed by atoms with van der Waals surface area (Å²) in [6.07, 6.45) is -1.87. The molecule has 1 aliphatic rings. The molecule has 1 rings (SSSR count). The van der Waals surface area contributed by atoms with Crippen LogP contribution in [0, 0.1) is 11.8 Å². The van der Waals surface area contributed by atoms with Crippen molar-refractivity contribution in [3.63, 3.8) is 0 Å². The number of aliphatic hydroxyl groups is 1. The molecule has 8 amide bonds. The fraction of sp³-hybridized carbons (Fsp3) is 0.717. The number of carboxylic acids is 4. The van der Waals surface area contributed by atoms with E-state index < -0.39 is 170 Å². The fourth-order valence-electron chi connectivity index (χ4n) is 7.76. The third kappa shape index (κ3) is 24.0. The molecule has 30 heteroatoms. The Morgan fingerprint density at radius 1 is 0.592 bits per heavy atom. The molecule has 0 radical (unpaired) electrons. The van der Waals surface area contributed by atoms with Crippen LogP contribution < -0.4 is 60.2 Å². The summed E-state index contributed by atoms with van der Waals surface area (Å²) in [5, 5.41) is 64.6. The Balaban J connectivity index is 3.41. The van der Waals surface area contributed by atoms with Gasteiger partial charge in [-0.1, -0.05) is 34.1 Å². The summed E-state index contributed by atoms with van der Waals surface area (Å²) < 4.78 is 0. The van der Waals surface area contributed by atoms with Crippen molar-refractivity contribution in [2.75, 3.05) is 26.2 Å². The number of rotatable bonds is 37. The number of nitrogens with one attached hydrogen (secondary N) is 7. The SMILES string of the molecule is CC[C@H](C)[C@H](NC(=O)[C@@H](N)CCC(=O)O)C(=O)N1CCC[C@H]1C(=O)N[C@H](C(=O)N[C@@H](CO)C(=O)N[C@@H](CCCN=C(N)N)C(=O)N[C@@H](CCC(=O)O)C(=O)N[C@@H](CCC(=O)O)C(=O)N[C@@H](CCCCN)C(=O)O)C(C)C. The molecule has 76 heavy (non-hydrogen) atoms. The monoisotopic (exact) mass is 1090 g/mol. The molecular formula is C46H79N13O17. The van der Waals surface area contributed by atoms with Gasteiger partial charge in [0.15, 0.2) is 5.96 Å². The number of hydrogen-bond donors (Lipinski definition) is 16. The number of guanidine groups is 1. The van der Waals surface area contributed by atoms with Gasteiger partial charge >= 0.3 is 23.9 Å². The Morgan fingerprint density at radius 2 is 1.07 bits per heavy atom. The normalized spacial score (nSPS) is 16.6. The van der Waals surface area contributed by atoms with E-state index in [0.717, 1.165) is 0 Å².